The lowest BCUT2D eigenvalue weighted by atomic mass is 9.98. The van der Waals surface area contributed by atoms with Crippen molar-refractivity contribution < 1.29 is 9.59 Å². The van der Waals surface area contributed by atoms with E-state index in [0.717, 1.165) is 29.1 Å². The summed E-state index contributed by atoms with van der Waals surface area (Å²) in [6, 6.07) is 16.0. The van der Waals surface area contributed by atoms with Crippen LogP contribution in [0.1, 0.15) is 54.8 Å². The fourth-order valence-electron chi connectivity index (χ4n) is 3.01. The zero-order chi connectivity index (χ0) is 21.7. The molecule has 30 heavy (non-hydrogen) atoms. The monoisotopic (exact) mass is 422 g/mol. The number of hydrogen-bond donors (Lipinski definition) is 1. The van der Waals surface area contributed by atoms with Crippen LogP contribution in [0.4, 0.5) is 5.69 Å². The Bertz CT molecular complexity index is 986. The predicted molar refractivity (Wildman–Crippen MR) is 120 cm³/mol. The van der Waals surface area contributed by atoms with Crippen LogP contribution in [0.3, 0.4) is 0 Å². The third-order valence-corrected chi connectivity index (χ3v) is 5.58. The van der Waals surface area contributed by atoms with E-state index in [-0.39, 0.29) is 17.5 Å². The van der Waals surface area contributed by atoms with Crippen LogP contribution < -0.4 is 10.2 Å². The molecule has 7 heteroatoms. The van der Waals surface area contributed by atoms with Crippen molar-refractivity contribution in [3.63, 3.8) is 0 Å². The largest absolute Gasteiger partial charge is 0.349 e. The molecule has 2 aromatic carbocycles. The van der Waals surface area contributed by atoms with E-state index in [2.05, 4.69) is 14.9 Å². The zero-order valence-corrected chi connectivity index (χ0v) is 18.4. The number of nitrogens with zero attached hydrogens (tertiary/aromatic N) is 3. The number of rotatable bonds is 7. The van der Waals surface area contributed by atoms with Crippen molar-refractivity contribution in [1.29, 1.82) is 0 Å². The molecule has 1 aromatic heterocycles. The van der Waals surface area contributed by atoms with E-state index in [0.29, 0.717) is 5.69 Å². The van der Waals surface area contributed by atoms with Crippen LogP contribution in [-0.4, -0.2) is 26.9 Å². The first kappa shape index (κ1) is 21.6. The molecule has 0 spiro atoms. The summed E-state index contributed by atoms with van der Waals surface area (Å²) in [5, 5.41) is 8.65. The maximum Gasteiger partial charge on any atom is 0.280 e. The average molecular weight is 423 g/mol. The lowest BCUT2D eigenvalue weighted by Crippen LogP contribution is -2.50. The number of aromatic nitrogens is 2. The minimum Gasteiger partial charge on any atom is -0.349 e. The Balaban J connectivity index is 2.14. The highest BCUT2D eigenvalue weighted by Crippen LogP contribution is 2.30. The summed E-state index contributed by atoms with van der Waals surface area (Å²) in [6.45, 7) is 7.93. The van der Waals surface area contributed by atoms with Crippen LogP contribution in [0, 0.1) is 6.92 Å². The SMILES string of the molecule is CCC(C)(C)NC(=O)[C@H](c1ccccc1)N(C(=O)c1csnn1)c1ccc(C)cc1. The standard InChI is InChI=1S/C23H26N4O2S/c1-5-23(3,4)24-21(28)20(17-9-7-6-8-10-17)27(18-13-11-16(2)12-14-18)22(29)19-15-30-26-25-19/h6-15,20H,5H2,1-4H3,(H,24,28)/t20-/m0/s1. The highest BCUT2D eigenvalue weighted by atomic mass is 32.1. The molecule has 1 N–H and O–H groups in total. The highest BCUT2D eigenvalue weighted by Gasteiger charge is 2.36. The third-order valence-electron chi connectivity index (χ3n) is 5.08. The molecule has 0 radical (unpaired) electrons. The van der Waals surface area contributed by atoms with Crippen LogP contribution >= 0.6 is 11.5 Å². The summed E-state index contributed by atoms with van der Waals surface area (Å²) in [4.78, 5) is 28.5. The highest BCUT2D eigenvalue weighted by molar-refractivity contribution is 7.03. The van der Waals surface area contributed by atoms with E-state index < -0.39 is 11.6 Å². The molecule has 0 unspecified atom stereocenters. The van der Waals surface area contributed by atoms with Gasteiger partial charge in [0.1, 0.15) is 6.04 Å². The molecule has 0 fully saturated rings. The summed E-state index contributed by atoms with van der Waals surface area (Å²) in [6.07, 6.45) is 0.759. The molecule has 156 valence electrons. The average Bonchev–Trinajstić information content (AvgIpc) is 3.27. The minimum atomic E-state index is -0.853. The summed E-state index contributed by atoms with van der Waals surface area (Å²) in [7, 11) is 0. The fraction of sp³-hybridized carbons (Fsp3) is 0.304. The molecule has 0 aliphatic heterocycles. The van der Waals surface area contributed by atoms with Crippen LogP contribution in [0.5, 0.6) is 0 Å². The molecule has 1 atom stereocenters. The van der Waals surface area contributed by atoms with Crippen molar-refractivity contribution in [2.75, 3.05) is 4.90 Å². The van der Waals surface area contributed by atoms with E-state index in [9.17, 15) is 9.59 Å². The van der Waals surface area contributed by atoms with Gasteiger partial charge < -0.3 is 5.32 Å². The molecule has 0 saturated heterocycles. The van der Waals surface area contributed by atoms with E-state index in [4.69, 9.17) is 0 Å². The molecule has 2 amide bonds. The van der Waals surface area contributed by atoms with Gasteiger partial charge in [0, 0.05) is 16.6 Å². The van der Waals surface area contributed by atoms with Gasteiger partial charge in [-0.05, 0) is 56.4 Å². The van der Waals surface area contributed by atoms with Crippen molar-refractivity contribution in [2.45, 2.75) is 45.7 Å². The van der Waals surface area contributed by atoms with Gasteiger partial charge in [-0.25, -0.2) is 0 Å². The van der Waals surface area contributed by atoms with Gasteiger partial charge in [-0.1, -0.05) is 59.4 Å². The summed E-state index contributed by atoms with van der Waals surface area (Å²) < 4.78 is 3.83. The van der Waals surface area contributed by atoms with Gasteiger partial charge >= 0.3 is 0 Å². The van der Waals surface area contributed by atoms with Crippen molar-refractivity contribution in [3.8, 4) is 0 Å². The summed E-state index contributed by atoms with van der Waals surface area (Å²) in [5.74, 6) is -0.615. The van der Waals surface area contributed by atoms with Gasteiger partial charge in [0.15, 0.2) is 5.69 Å². The van der Waals surface area contributed by atoms with Crippen LogP contribution in [0.25, 0.3) is 0 Å². The van der Waals surface area contributed by atoms with Gasteiger partial charge in [-0.15, -0.1) is 5.10 Å². The van der Waals surface area contributed by atoms with E-state index in [1.807, 2.05) is 82.3 Å². The Morgan fingerprint density at radius 3 is 2.33 bits per heavy atom. The molecule has 3 rings (SSSR count). The third kappa shape index (κ3) is 4.91. The van der Waals surface area contributed by atoms with Gasteiger partial charge in [0.25, 0.3) is 5.91 Å². The summed E-state index contributed by atoms with van der Waals surface area (Å²) in [5.41, 5.74) is 2.21. The molecule has 6 nitrogen and oxygen atoms in total. The quantitative estimate of drug-likeness (QED) is 0.607. The Morgan fingerprint density at radius 1 is 1.10 bits per heavy atom. The molecule has 3 aromatic rings. The number of benzene rings is 2. The minimum absolute atomic E-state index is 0.212. The van der Waals surface area contributed by atoms with Crippen molar-refractivity contribution in [1.82, 2.24) is 14.9 Å². The van der Waals surface area contributed by atoms with Crippen LogP contribution in [-0.2, 0) is 4.79 Å². The first-order valence-electron chi connectivity index (χ1n) is 9.86. The van der Waals surface area contributed by atoms with Gasteiger partial charge in [-0.2, -0.15) is 0 Å². The maximum absolute atomic E-state index is 13.5. The number of aryl methyl sites for hydroxylation is 1. The second kappa shape index (κ2) is 9.17. The van der Waals surface area contributed by atoms with Crippen LogP contribution in [0.2, 0.25) is 0 Å². The molecule has 1 heterocycles. The summed E-state index contributed by atoms with van der Waals surface area (Å²) >= 11 is 1.10. The lowest BCUT2D eigenvalue weighted by molar-refractivity contribution is -0.124. The molecule has 0 aliphatic rings. The molecule has 0 saturated carbocycles. The number of amides is 2. The first-order chi connectivity index (χ1) is 14.3. The molecule has 0 bridgehead atoms. The second-order valence-corrected chi connectivity index (χ2v) is 8.45. The van der Waals surface area contributed by atoms with Gasteiger partial charge in [-0.3, -0.25) is 14.5 Å². The van der Waals surface area contributed by atoms with Crippen LogP contribution in [0.15, 0.2) is 60.0 Å². The van der Waals surface area contributed by atoms with Crippen molar-refractivity contribution >= 4 is 29.0 Å². The van der Waals surface area contributed by atoms with E-state index in [1.54, 1.807) is 5.38 Å². The number of carbonyl (C=O) groups excluding carboxylic acids is 2. The second-order valence-electron chi connectivity index (χ2n) is 7.84. The first-order valence-corrected chi connectivity index (χ1v) is 10.7. The smallest absolute Gasteiger partial charge is 0.280 e. The topological polar surface area (TPSA) is 75.2 Å². The van der Waals surface area contributed by atoms with E-state index >= 15 is 0 Å². The molecular formula is C23H26N4O2S. The normalized spacial score (nSPS) is 12.3. The Morgan fingerprint density at radius 2 is 1.77 bits per heavy atom. The van der Waals surface area contributed by atoms with Crippen molar-refractivity contribution in [2.24, 2.45) is 0 Å². The maximum atomic E-state index is 13.5. The Hall–Kier alpha value is -3.06. The van der Waals surface area contributed by atoms with Gasteiger partial charge in [0.2, 0.25) is 5.91 Å². The number of hydrogen-bond acceptors (Lipinski definition) is 5. The number of nitrogens with one attached hydrogen (secondary N) is 1. The van der Waals surface area contributed by atoms with E-state index in [1.165, 1.54) is 4.90 Å². The van der Waals surface area contributed by atoms with Gasteiger partial charge in [0.05, 0.1) is 0 Å². The number of carbonyl (C=O) groups is 2. The lowest BCUT2D eigenvalue weighted by Gasteiger charge is -2.34. The predicted octanol–water partition coefficient (Wildman–Crippen LogP) is 4.54. The molecular weight excluding hydrogens is 396 g/mol. The zero-order valence-electron chi connectivity index (χ0n) is 17.6. The fourth-order valence-corrected chi connectivity index (χ4v) is 3.44. The molecule has 0 aliphatic carbocycles. The Labute approximate surface area is 181 Å². The number of anilines is 1. The Kier molecular flexibility index (Phi) is 6.62. The van der Waals surface area contributed by atoms with Crippen molar-refractivity contribution in [3.05, 3.63) is 76.8 Å².